The van der Waals surface area contributed by atoms with Gasteiger partial charge >= 0.3 is 0 Å². The molecule has 2 aromatic carbocycles. The lowest BCUT2D eigenvalue weighted by molar-refractivity contribution is -0.126. The second-order valence-electron chi connectivity index (χ2n) is 9.40. The topological polar surface area (TPSA) is 55.7 Å². The second-order valence-corrected chi connectivity index (χ2v) is 9.40. The molecular weight excluding hydrogens is 426 g/mol. The number of hydrogen-bond acceptors (Lipinski definition) is 4. The molecule has 4 rings (SSSR count). The average Bonchev–Trinajstić information content (AvgIpc) is 3.20. The van der Waals surface area contributed by atoms with Gasteiger partial charge in [0.25, 0.3) is 0 Å². The average molecular weight is 464 g/mol. The van der Waals surface area contributed by atoms with E-state index >= 15 is 0 Å². The van der Waals surface area contributed by atoms with E-state index in [4.69, 9.17) is 9.47 Å². The summed E-state index contributed by atoms with van der Waals surface area (Å²) in [6.07, 6.45) is 4.20. The molecule has 1 aliphatic rings. The Kier molecular flexibility index (Phi) is 7.78. The van der Waals surface area contributed by atoms with Crippen LogP contribution in [0.2, 0.25) is 0 Å². The lowest BCUT2D eigenvalue weighted by atomic mass is 9.95. The number of carbonyl (C=O) groups excluding carboxylic acids is 1. The Bertz CT molecular complexity index is 1100. The van der Waals surface area contributed by atoms with Crippen LogP contribution in [0.4, 0.5) is 0 Å². The Hall–Kier alpha value is -2.99. The van der Waals surface area contributed by atoms with Gasteiger partial charge in [-0.25, -0.2) is 0 Å². The standard InChI is InChI=1S/C28H37N3O3/c1-5-31-19-23(26-16-25(33-4)10-11-27(26)31)18-30-14-12-22(13-15-30)28(32)29-17-21-6-8-24(9-7-21)34-20(2)3/h6-11,16,19-20,22H,5,12-15,17-18H2,1-4H3,(H,29,32). The third-order valence-corrected chi connectivity index (χ3v) is 6.63. The quantitative estimate of drug-likeness (QED) is 0.486. The van der Waals surface area contributed by atoms with Crippen molar-refractivity contribution in [1.82, 2.24) is 14.8 Å². The number of aromatic nitrogens is 1. The largest absolute Gasteiger partial charge is 0.497 e. The van der Waals surface area contributed by atoms with Crippen LogP contribution in [0.15, 0.2) is 48.7 Å². The fourth-order valence-corrected chi connectivity index (χ4v) is 4.75. The van der Waals surface area contributed by atoms with Gasteiger partial charge in [-0.05, 0) is 88.2 Å². The number of fused-ring (bicyclic) bond motifs is 1. The molecule has 0 bridgehead atoms. The van der Waals surface area contributed by atoms with Crippen molar-refractivity contribution in [1.29, 1.82) is 0 Å². The normalized spacial score (nSPS) is 15.1. The fourth-order valence-electron chi connectivity index (χ4n) is 4.75. The monoisotopic (exact) mass is 463 g/mol. The molecule has 1 amide bonds. The summed E-state index contributed by atoms with van der Waals surface area (Å²) in [6.45, 7) is 10.5. The van der Waals surface area contributed by atoms with E-state index in [0.717, 1.165) is 56.1 Å². The molecule has 0 aliphatic carbocycles. The highest BCUT2D eigenvalue weighted by Crippen LogP contribution is 2.28. The number of amides is 1. The summed E-state index contributed by atoms with van der Waals surface area (Å²) in [7, 11) is 1.71. The van der Waals surface area contributed by atoms with Gasteiger partial charge in [0.2, 0.25) is 5.91 Å². The summed E-state index contributed by atoms with van der Waals surface area (Å²) >= 11 is 0. The summed E-state index contributed by atoms with van der Waals surface area (Å²) < 4.78 is 13.4. The Morgan fingerprint density at radius 1 is 1.09 bits per heavy atom. The van der Waals surface area contributed by atoms with Gasteiger partial charge in [-0.3, -0.25) is 9.69 Å². The number of ether oxygens (including phenoxy) is 2. The molecule has 0 radical (unpaired) electrons. The van der Waals surface area contributed by atoms with Gasteiger partial charge in [0, 0.05) is 42.7 Å². The van der Waals surface area contributed by atoms with Gasteiger partial charge in [-0.15, -0.1) is 0 Å². The van der Waals surface area contributed by atoms with Crippen molar-refractivity contribution in [2.45, 2.75) is 59.4 Å². The van der Waals surface area contributed by atoms with Gasteiger partial charge in [-0.1, -0.05) is 12.1 Å². The van der Waals surface area contributed by atoms with Gasteiger partial charge < -0.3 is 19.4 Å². The molecule has 0 unspecified atom stereocenters. The first kappa shape index (κ1) is 24.1. The molecule has 1 fully saturated rings. The molecule has 0 atom stereocenters. The third kappa shape index (κ3) is 5.73. The molecule has 1 aromatic heterocycles. The van der Waals surface area contributed by atoms with Crippen molar-refractivity contribution in [3.05, 3.63) is 59.8 Å². The number of methoxy groups -OCH3 is 1. The van der Waals surface area contributed by atoms with E-state index in [9.17, 15) is 4.79 Å². The zero-order valence-electron chi connectivity index (χ0n) is 20.8. The Balaban J connectivity index is 1.29. The van der Waals surface area contributed by atoms with E-state index in [1.165, 1.54) is 16.5 Å². The van der Waals surface area contributed by atoms with Crippen LogP contribution in [-0.4, -0.2) is 41.7 Å². The molecule has 3 aromatic rings. The summed E-state index contributed by atoms with van der Waals surface area (Å²) in [5.74, 6) is 1.99. The number of likely N-dealkylation sites (tertiary alicyclic amines) is 1. The van der Waals surface area contributed by atoms with E-state index in [2.05, 4.69) is 40.0 Å². The van der Waals surface area contributed by atoms with Gasteiger partial charge in [0.1, 0.15) is 11.5 Å². The van der Waals surface area contributed by atoms with Gasteiger partial charge in [-0.2, -0.15) is 0 Å². The van der Waals surface area contributed by atoms with Crippen molar-refractivity contribution in [2.75, 3.05) is 20.2 Å². The summed E-state index contributed by atoms with van der Waals surface area (Å²) in [5.41, 5.74) is 3.66. The van der Waals surface area contributed by atoms with Crippen LogP contribution in [0.1, 0.15) is 44.7 Å². The third-order valence-electron chi connectivity index (χ3n) is 6.63. The van der Waals surface area contributed by atoms with Crippen LogP contribution in [0, 0.1) is 5.92 Å². The zero-order chi connectivity index (χ0) is 24.1. The maximum Gasteiger partial charge on any atom is 0.223 e. The van der Waals surface area contributed by atoms with Gasteiger partial charge in [0.05, 0.1) is 13.2 Å². The number of rotatable bonds is 9. The van der Waals surface area contributed by atoms with Crippen molar-refractivity contribution in [2.24, 2.45) is 5.92 Å². The number of nitrogens with one attached hydrogen (secondary N) is 1. The summed E-state index contributed by atoms with van der Waals surface area (Å²) in [4.78, 5) is 15.2. The SMILES string of the molecule is CCn1cc(CN2CCC(C(=O)NCc3ccc(OC(C)C)cc3)CC2)c2cc(OC)ccc21. The zero-order valence-corrected chi connectivity index (χ0v) is 20.8. The first-order chi connectivity index (χ1) is 16.5. The van der Waals surface area contributed by atoms with E-state index < -0.39 is 0 Å². The molecule has 1 aliphatic heterocycles. The van der Waals surface area contributed by atoms with E-state index in [1.54, 1.807) is 7.11 Å². The summed E-state index contributed by atoms with van der Waals surface area (Å²) in [5, 5.41) is 4.38. The van der Waals surface area contributed by atoms with Crippen LogP contribution in [0.25, 0.3) is 10.9 Å². The Labute approximate surface area is 202 Å². The van der Waals surface area contributed by atoms with Gasteiger partial charge in [0.15, 0.2) is 0 Å². The molecule has 6 nitrogen and oxygen atoms in total. The molecule has 1 saturated heterocycles. The highest BCUT2D eigenvalue weighted by atomic mass is 16.5. The smallest absolute Gasteiger partial charge is 0.223 e. The van der Waals surface area contributed by atoms with Crippen LogP contribution >= 0.6 is 0 Å². The highest BCUT2D eigenvalue weighted by Gasteiger charge is 2.25. The summed E-state index contributed by atoms with van der Waals surface area (Å²) in [6, 6.07) is 14.3. The fraction of sp³-hybridized carbons (Fsp3) is 0.464. The first-order valence-corrected chi connectivity index (χ1v) is 12.4. The molecule has 0 spiro atoms. The maximum atomic E-state index is 12.8. The van der Waals surface area contributed by atoms with E-state index in [0.29, 0.717) is 6.54 Å². The van der Waals surface area contributed by atoms with E-state index in [-0.39, 0.29) is 17.9 Å². The van der Waals surface area contributed by atoms with Crippen molar-refractivity contribution in [3.63, 3.8) is 0 Å². The van der Waals surface area contributed by atoms with E-state index in [1.807, 2.05) is 44.2 Å². The number of benzene rings is 2. The minimum absolute atomic E-state index is 0.0804. The number of nitrogens with zero attached hydrogens (tertiary/aromatic N) is 2. The van der Waals surface area contributed by atoms with Crippen LogP contribution in [0.3, 0.4) is 0 Å². The number of piperidine rings is 1. The molecular formula is C28H37N3O3. The Morgan fingerprint density at radius 3 is 2.44 bits per heavy atom. The van der Waals surface area contributed by atoms with Crippen LogP contribution in [0.5, 0.6) is 11.5 Å². The molecule has 1 N–H and O–H groups in total. The minimum Gasteiger partial charge on any atom is -0.497 e. The number of carbonyl (C=O) groups is 1. The molecule has 182 valence electrons. The molecule has 6 heteroatoms. The molecule has 34 heavy (non-hydrogen) atoms. The highest BCUT2D eigenvalue weighted by molar-refractivity contribution is 5.85. The molecule has 2 heterocycles. The lowest BCUT2D eigenvalue weighted by Gasteiger charge is -2.31. The van der Waals surface area contributed by atoms with Crippen molar-refractivity contribution >= 4 is 16.8 Å². The number of aryl methyl sites for hydroxylation is 1. The molecule has 0 saturated carbocycles. The predicted octanol–water partition coefficient (Wildman–Crippen LogP) is 4.99. The maximum absolute atomic E-state index is 12.8. The van der Waals surface area contributed by atoms with Crippen molar-refractivity contribution in [3.8, 4) is 11.5 Å². The van der Waals surface area contributed by atoms with Crippen molar-refractivity contribution < 1.29 is 14.3 Å². The first-order valence-electron chi connectivity index (χ1n) is 12.4. The lowest BCUT2D eigenvalue weighted by Crippen LogP contribution is -2.40. The predicted molar refractivity (Wildman–Crippen MR) is 136 cm³/mol. The minimum atomic E-state index is 0.0804. The number of hydrogen-bond donors (Lipinski definition) is 1. The Morgan fingerprint density at radius 2 is 1.79 bits per heavy atom. The second kappa shape index (κ2) is 11.0. The van der Waals surface area contributed by atoms with Crippen LogP contribution < -0.4 is 14.8 Å². The van der Waals surface area contributed by atoms with Crippen LogP contribution in [-0.2, 0) is 24.4 Å².